The molecule has 0 bridgehead atoms. The van der Waals surface area contributed by atoms with E-state index in [4.69, 9.17) is 18.0 Å². The molecule has 0 saturated heterocycles. The third-order valence-corrected chi connectivity index (χ3v) is 3.89. The predicted octanol–water partition coefficient (Wildman–Crippen LogP) is 2.98. The highest BCUT2D eigenvalue weighted by molar-refractivity contribution is 7.80. The number of aromatic nitrogens is 2. The molecule has 0 saturated carbocycles. The van der Waals surface area contributed by atoms with Crippen LogP contribution in [-0.2, 0) is 0 Å². The van der Waals surface area contributed by atoms with E-state index in [0.29, 0.717) is 17.4 Å². The van der Waals surface area contributed by atoms with Crippen molar-refractivity contribution < 1.29 is 0 Å². The maximum absolute atomic E-state index is 5.68. The van der Waals surface area contributed by atoms with Crippen LogP contribution < -0.4 is 11.1 Å². The van der Waals surface area contributed by atoms with Crippen LogP contribution in [-0.4, -0.2) is 15.0 Å². The fourth-order valence-electron chi connectivity index (χ4n) is 1.81. The van der Waals surface area contributed by atoms with Crippen LogP contribution in [0.2, 0.25) is 0 Å². The lowest BCUT2D eigenvalue weighted by atomic mass is 10.0. The summed E-state index contributed by atoms with van der Waals surface area (Å²) >= 11 is 6.72. The van der Waals surface area contributed by atoms with Crippen LogP contribution in [0.3, 0.4) is 0 Å². The van der Waals surface area contributed by atoms with Gasteiger partial charge in [0.05, 0.1) is 6.04 Å². The number of nitrogens with zero attached hydrogens (tertiary/aromatic N) is 2. The minimum Gasteiger partial charge on any atom is -0.388 e. The predicted molar refractivity (Wildman–Crippen MR) is 83.4 cm³/mol. The van der Waals surface area contributed by atoms with Crippen molar-refractivity contribution >= 4 is 34.4 Å². The smallest absolute Gasteiger partial charge is 0.155 e. The lowest BCUT2D eigenvalue weighted by Gasteiger charge is -2.22. The van der Waals surface area contributed by atoms with Crippen molar-refractivity contribution in [1.82, 2.24) is 9.97 Å². The van der Waals surface area contributed by atoms with Gasteiger partial charge >= 0.3 is 0 Å². The zero-order chi connectivity index (χ0) is 13.8. The second-order valence-corrected chi connectivity index (χ2v) is 5.92. The molecular formula is C13H16N4S2. The van der Waals surface area contributed by atoms with E-state index in [0.717, 1.165) is 0 Å². The molecule has 0 aliphatic carbocycles. The summed E-state index contributed by atoms with van der Waals surface area (Å²) in [5.74, 6) is 1.06. The molecule has 0 aliphatic rings. The Hall–Kier alpha value is -1.53. The Bertz CT molecular complexity index is 552. The van der Waals surface area contributed by atoms with Gasteiger partial charge in [0.1, 0.15) is 10.7 Å². The molecule has 100 valence electrons. The fourth-order valence-corrected chi connectivity index (χ4v) is 2.90. The minimum absolute atomic E-state index is 0.171. The maximum Gasteiger partial charge on any atom is 0.155 e. The SMILES string of the molecule is CC(C)C(Nc1nccnc1C(N)=S)c1cccs1. The van der Waals surface area contributed by atoms with Crippen LogP contribution in [0.5, 0.6) is 0 Å². The van der Waals surface area contributed by atoms with E-state index in [2.05, 4.69) is 40.6 Å². The Balaban J connectivity index is 2.30. The molecular weight excluding hydrogens is 276 g/mol. The highest BCUT2D eigenvalue weighted by Crippen LogP contribution is 2.29. The number of thiocarbonyl (C=S) groups is 1. The third kappa shape index (κ3) is 3.27. The van der Waals surface area contributed by atoms with Crippen molar-refractivity contribution in [3.63, 3.8) is 0 Å². The molecule has 0 spiro atoms. The number of nitrogens with one attached hydrogen (secondary N) is 1. The van der Waals surface area contributed by atoms with Gasteiger partial charge in [-0.2, -0.15) is 0 Å². The van der Waals surface area contributed by atoms with Crippen molar-refractivity contribution in [2.24, 2.45) is 11.7 Å². The van der Waals surface area contributed by atoms with Gasteiger partial charge in [0.15, 0.2) is 5.82 Å². The van der Waals surface area contributed by atoms with Crippen molar-refractivity contribution in [3.05, 3.63) is 40.5 Å². The van der Waals surface area contributed by atoms with Crippen molar-refractivity contribution in [2.45, 2.75) is 19.9 Å². The van der Waals surface area contributed by atoms with Gasteiger partial charge in [-0.3, -0.25) is 0 Å². The topological polar surface area (TPSA) is 63.8 Å². The van der Waals surface area contributed by atoms with Crippen LogP contribution in [0.25, 0.3) is 0 Å². The molecule has 2 aromatic heterocycles. The molecule has 19 heavy (non-hydrogen) atoms. The Morgan fingerprint density at radius 1 is 1.37 bits per heavy atom. The number of rotatable bonds is 5. The fraction of sp³-hybridized carbons (Fsp3) is 0.308. The Kier molecular flexibility index (Phi) is 4.44. The van der Waals surface area contributed by atoms with Crippen LogP contribution in [0.15, 0.2) is 29.9 Å². The first-order chi connectivity index (χ1) is 9.09. The van der Waals surface area contributed by atoms with Crippen LogP contribution in [0.1, 0.15) is 30.5 Å². The zero-order valence-electron chi connectivity index (χ0n) is 10.8. The molecule has 0 amide bonds. The molecule has 3 N–H and O–H groups in total. The Morgan fingerprint density at radius 2 is 2.11 bits per heavy atom. The molecule has 0 aliphatic heterocycles. The summed E-state index contributed by atoms with van der Waals surface area (Å²) in [6.45, 7) is 4.32. The van der Waals surface area contributed by atoms with E-state index < -0.39 is 0 Å². The maximum atomic E-state index is 5.68. The van der Waals surface area contributed by atoms with Crippen molar-refractivity contribution in [1.29, 1.82) is 0 Å². The summed E-state index contributed by atoms with van der Waals surface area (Å²) in [5.41, 5.74) is 6.22. The highest BCUT2D eigenvalue weighted by atomic mass is 32.1. The summed E-state index contributed by atoms with van der Waals surface area (Å²) in [6, 6.07) is 4.33. The van der Waals surface area contributed by atoms with Gasteiger partial charge in [-0.05, 0) is 17.4 Å². The van der Waals surface area contributed by atoms with E-state index in [-0.39, 0.29) is 11.0 Å². The molecule has 2 aromatic rings. The summed E-state index contributed by atoms with van der Waals surface area (Å²) in [5, 5.41) is 5.47. The van der Waals surface area contributed by atoms with Gasteiger partial charge in [0, 0.05) is 17.3 Å². The van der Waals surface area contributed by atoms with E-state index >= 15 is 0 Å². The van der Waals surface area contributed by atoms with E-state index in [1.807, 2.05) is 6.07 Å². The normalized spacial score (nSPS) is 12.4. The molecule has 1 atom stereocenters. The van der Waals surface area contributed by atoms with Crippen LogP contribution in [0.4, 0.5) is 5.82 Å². The first-order valence-electron chi connectivity index (χ1n) is 6.00. The average molecular weight is 292 g/mol. The van der Waals surface area contributed by atoms with Crippen LogP contribution in [0, 0.1) is 5.92 Å². The number of thiophene rings is 1. The van der Waals surface area contributed by atoms with Gasteiger partial charge in [-0.15, -0.1) is 11.3 Å². The molecule has 4 nitrogen and oxygen atoms in total. The monoisotopic (exact) mass is 292 g/mol. The lowest BCUT2D eigenvalue weighted by molar-refractivity contribution is 0.551. The molecule has 6 heteroatoms. The largest absolute Gasteiger partial charge is 0.388 e. The van der Waals surface area contributed by atoms with Gasteiger partial charge in [0.25, 0.3) is 0 Å². The van der Waals surface area contributed by atoms with Crippen molar-refractivity contribution in [3.8, 4) is 0 Å². The van der Waals surface area contributed by atoms with E-state index in [1.54, 1.807) is 23.7 Å². The molecule has 2 heterocycles. The van der Waals surface area contributed by atoms with Gasteiger partial charge in [0.2, 0.25) is 0 Å². The Labute approximate surface area is 122 Å². The Morgan fingerprint density at radius 3 is 2.68 bits per heavy atom. The molecule has 0 radical (unpaired) electrons. The van der Waals surface area contributed by atoms with Gasteiger partial charge in [-0.1, -0.05) is 32.1 Å². The zero-order valence-corrected chi connectivity index (χ0v) is 12.5. The molecule has 0 fully saturated rings. The summed E-state index contributed by atoms with van der Waals surface area (Å²) < 4.78 is 0. The van der Waals surface area contributed by atoms with Crippen molar-refractivity contribution in [2.75, 3.05) is 5.32 Å². The number of nitrogens with two attached hydrogens (primary N) is 1. The molecule has 0 aromatic carbocycles. The number of hydrogen-bond donors (Lipinski definition) is 2. The first-order valence-corrected chi connectivity index (χ1v) is 7.29. The first kappa shape index (κ1) is 13.9. The van der Waals surface area contributed by atoms with Gasteiger partial charge in [-0.25, -0.2) is 9.97 Å². The van der Waals surface area contributed by atoms with Gasteiger partial charge < -0.3 is 11.1 Å². The number of hydrogen-bond acceptors (Lipinski definition) is 5. The highest BCUT2D eigenvalue weighted by Gasteiger charge is 2.19. The second kappa shape index (κ2) is 6.08. The third-order valence-electron chi connectivity index (χ3n) is 2.74. The lowest BCUT2D eigenvalue weighted by Crippen LogP contribution is -2.21. The summed E-state index contributed by atoms with van der Waals surface area (Å²) in [7, 11) is 0. The summed E-state index contributed by atoms with van der Waals surface area (Å²) in [6.07, 6.45) is 3.23. The molecule has 2 rings (SSSR count). The second-order valence-electron chi connectivity index (χ2n) is 4.50. The van der Waals surface area contributed by atoms with E-state index in [9.17, 15) is 0 Å². The standard InChI is InChI=1S/C13H16N4S2/c1-8(2)10(9-4-3-7-19-9)17-13-11(12(14)18)15-5-6-16-13/h3-8,10H,1-2H3,(H2,14,18)(H,16,17). The minimum atomic E-state index is 0.171. The van der Waals surface area contributed by atoms with E-state index in [1.165, 1.54) is 4.88 Å². The number of anilines is 1. The average Bonchev–Trinajstić information content (AvgIpc) is 2.89. The van der Waals surface area contributed by atoms with Crippen LogP contribution >= 0.6 is 23.6 Å². The molecule has 1 unspecified atom stereocenters. The quantitative estimate of drug-likeness (QED) is 0.830. The summed E-state index contributed by atoms with van der Waals surface area (Å²) in [4.78, 5) is 9.99.